The summed E-state index contributed by atoms with van der Waals surface area (Å²) in [6.07, 6.45) is -1.02. The lowest BCUT2D eigenvalue weighted by molar-refractivity contribution is -0.172. The van der Waals surface area contributed by atoms with Gasteiger partial charge < -0.3 is 14.1 Å². The Morgan fingerprint density at radius 1 is 1.00 bits per heavy atom. The second-order valence-electron chi connectivity index (χ2n) is 12.2. The molecule has 6 nitrogen and oxygen atoms in total. The van der Waals surface area contributed by atoms with E-state index in [1.54, 1.807) is 13.8 Å². The minimum Gasteiger partial charge on any atom is -0.451 e. The first-order chi connectivity index (χ1) is 17.2. The molecule has 2 fully saturated rings. The number of amides is 1. The largest absolute Gasteiger partial charge is 0.451 e. The smallest absolute Gasteiger partial charge is 0.331 e. The van der Waals surface area contributed by atoms with E-state index in [9.17, 15) is 13.8 Å². The van der Waals surface area contributed by atoms with Crippen molar-refractivity contribution in [2.75, 3.05) is 0 Å². The number of nitrogens with zero attached hydrogens (tertiary/aromatic N) is 1. The number of carbonyl (C=O) groups is 2. The van der Waals surface area contributed by atoms with E-state index in [1.807, 2.05) is 67.6 Å². The second kappa shape index (κ2) is 9.78. The summed E-state index contributed by atoms with van der Waals surface area (Å²) < 4.78 is 25.4. The second-order valence-corrected chi connectivity index (χ2v) is 19.1. The van der Waals surface area contributed by atoms with Gasteiger partial charge in [-0.15, -0.1) is 0 Å². The number of hydrogen-bond donors (Lipinski definition) is 0. The Balaban J connectivity index is 1.60. The van der Waals surface area contributed by atoms with Crippen molar-refractivity contribution in [2.45, 2.75) is 88.0 Å². The van der Waals surface area contributed by atoms with Gasteiger partial charge in [0, 0.05) is 0 Å². The van der Waals surface area contributed by atoms with E-state index in [0.717, 1.165) is 11.1 Å². The van der Waals surface area contributed by atoms with Crippen molar-refractivity contribution in [3.05, 3.63) is 71.8 Å². The Labute approximate surface area is 224 Å². The van der Waals surface area contributed by atoms with E-state index in [-0.39, 0.29) is 17.0 Å². The normalized spacial score (nSPS) is 26.0. The molecule has 2 aliphatic rings. The molecule has 0 saturated carbocycles. The highest BCUT2D eigenvalue weighted by Crippen LogP contribution is 2.49. The van der Waals surface area contributed by atoms with Crippen LogP contribution in [0.2, 0.25) is 18.1 Å². The molecule has 8 heteroatoms. The average Bonchev–Trinajstić information content (AvgIpc) is 3.00. The predicted molar refractivity (Wildman–Crippen MR) is 149 cm³/mol. The topological polar surface area (TPSA) is 72.9 Å². The fourth-order valence-corrected chi connectivity index (χ4v) is 8.60. The molecule has 0 radical (unpaired) electrons. The van der Waals surface area contributed by atoms with Crippen molar-refractivity contribution in [3.8, 4) is 0 Å². The lowest BCUT2D eigenvalue weighted by atomic mass is 9.88. The third-order valence-corrected chi connectivity index (χ3v) is 15.0. The Bertz CT molecular complexity index is 1140. The van der Waals surface area contributed by atoms with Crippen LogP contribution in [0.5, 0.6) is 0 Å². The average molecular weight is 542 g/mol. The van der Waals surface area contributed by atoms with Gasteiger partial charge >= 0.3 is 5.97 Å². The standard InChI is InChI=1S/C29H39NO5SSi/c1-19(35-37(7,8)28(2,3)4)22-25(31)30-24(29(5,6)36(33)26(22)30)27(32)34-23(20-15-11-9-12-16-20)21-17-13-10-14-18-21/h9-19,22-24,26H,1-8H3/t19-,22-,24+,26-,36?/m1/s1. The summed E-state index contributed by atoms with van der Waals surface area (Å²) in [5.41, 5.74) is 1.67. The molecule has 5 atom stereocenters. The summed E-state index contributed by atoms with van der Waals surface area (Å²) in [5, 5.41) is -0.579. The minimum atomic E-state index is -2.14. The van der Waals surface area contributed by atoms with Crippen LogP contribution in [0, 0.1) is 5.92 Å². The van der Waals surface area contributed by atoms with E-state index >= 15 is 0 Å². The van der Waals surface area contributed by atoms with Gasteiger partial charge in [0.2, 0.25) is 5.91 Å². The zero-order valence-corrected chi connectivity index (χ0v) is 24.9. The van der Waals surface area contributed by atoms with E-state index in [0.29, 0.717) is 0 Å². The molecule has 0 N–H and O–H groups in total. The van der Waals surface area contributed by atoms with Gasteiger partial charge in [-0.2, -0.15) is 0 Å². The number of esters is 1. The zero-order valence-electron chi connectivity index (χ0n) is 23.1. The Hall–Kier alpha value is -2.29. The van der Waals surface area contributed by atoms with Gasteiger partial charge in [0.15, 0.2) is 14.4 Å². The Kier molecular flexibility index (Phi) is 7.33. The number of ether oxygens (including phenoxy) is 1. The molecular formula is C29H39NO5SSi. The molecule has 1 amide bonds. The van der Waals surface area contributed by atoms with Crippen molar-refractivity contribution < 1.29 is 23.0 Å². The summed E-state index contributed by atoms with van der Waals surface area (Å²) in [6.45, 7) is 16.2. The van der Waals surface area contributed by atoms with Crippen LogP contribution in [0.4, 0.5) is 0 Å². The van der Waals surface area contributed by atoms with Gasteiger partial charge in [0.05, 0.1) is 27.6 Å². The summed E-state index contributed by atoms with van der Waals surface area (Å²) in [7, 11) is -3.60. The molecule has 2 aromatic carbocycles. The van der Waals surface area contributed by atoms with Gasteiger partial charge in [0.1, 0.15) is 11.4 Å². The molecule has 2 heterocycles. The first kappa shape index (κ1) is 27.7. The number of β-lactam (4-membered cyclic amide) rings is 1. The van der Waals surface area contributed by atoms with Crippen molar-refractivity contribution in [3.63, 3.8) is 0 Å². The molecule has 0 bridgehead atoms. The first-order valence-corrected chi connectivity index (χ1v) is 17.0. The zero-order chi connectivity index (χ0) is 27.3. The number of carbonyl (C=O) groups excluding carboxylic acids is 2. The third-order valence-electron chi connectivity index (χ3n) is 8.25. The SMILES string of the molecule is C[C@@H](O[Si](C)(C)C(C)(C)C)[C@@H]1C(=O)N2[C@@H]1S(=O)C(C)(C)[C@@H]2C(=O)OC(c1ccccc1)c1ccccc1. The molecule has 2 aliphatic heterocycles. The van der Waals surface area contributed by atoms with Crippen LogP contribution in [-0.4, -0.2) is 51.6 Å². The summed E-state index contributed by atoms with van der Waals surface area (Å²) in [5.74, 6) is -1.26. The van der Waals surface area contributed by atoms with E-state index in [1.165, 1.54) is 4.90 Å². The summed E-state index contributed by atoms with van der Waals surface area (Å²) in [6, 6.07) is 18.1. The number of benzene rings is 2. The van der Waals surface area contributed by atoms with Crippen molar-refractivity contribution in [2.24, 2.45) is 5.92 Å². The molecule has 2 saturated heterocycles. The van der Waals surface area contributed by atoms with Crippen LogP contribution in [0.25, 0.3) is 0 Å². The highest BCUT2D eigenvalue weighted by molar-refractivity contribution is 7.87. The molecule has 1 unspecified atom stereocenters. The highest BCUT2D eigenvalue weighted by atomic mass is 32.2. The number of rotatable bonds is 7. The lowest BCUT2D eigenvalue weighted by Gasteiger charge is -2.48. The third kappa shape index (κ3) is 4.84. The fraction of sp³-hybridized carbons (Fsp3) is 0.517. The van der Waals surface area contributed by atoms with Gasteiger partial charge in [-0.3, -0.25) is 9.00 Å². The molecular weight excluding hydrogens is 502 g/mol. The number of hydrogen-bond acceptors (Lipinski definition) is 5. The van der Waals surface area contributed by atoms with E-state index in [2.05, 4.69) is 33.9 Å². The maximum atomic E-state index is 13.8. The van der Waals surface area contributed by atoms with Gasteiger partial charge in [-0.1, -0.05) is 81.4 Å². The van der Waals surface area contributed by atoms with Gasteiger partial charge in [0.25, 0.3) is 0 Å². The quantitative estimate of drug-likeness (QED) is 0.266. The van der Waals surface area contributed by atoms with Crippen LogP contribution in [0.15, 0.2) is 60.7 Å². The lowest BCUT2D eigenvalue weighted by Crippen LogP contribution is -2.67. The fourth-order valence-electron chi connectivity index (χ4n) is 5.09. The van der Waals surface area contributed by atoms with E-state index < -0.39 is 53.3 Å². The van der Waals surface area contributed by atoms with Crippen LogP contribution in [0.1, 0.15) is 58.8 Å². The highest BCUT2D eigenvalue weighted by Gasteiger charge is 2.69. The first-order valence-electron chi connectivity index (χ1n) is 12.9. The van der Waals surface area contributed by atoms with E-state index in [4.69, 9.17) is 9.16 Å². The number of fused-ring (bicyclic) bond motifs is 1. The van der Waals surface area contributed by atoms with Gasteiger partial charge in [-0.05, 0) is 50.0 Å². The molecule has 0 aliphatic carbocycles. The van der Waals surface area contributed by atoms with Crippen LogP contribution in [-0.2, 0) is 29.6 Å². The van der Waals surface area contributed by atoms with Crippen LogP contribution in [0.3, 0.4) is 0 Å². The molecule has 2 aromatic rings. The summed E-state index contributed by atoms with van der Waals surface area (Å²) >= 11 is 0. The monoisotopic (exact) mass is 541 g/mol. The van der Waals surface area contributed by atoms with Crippen molar-refractivity contribution in [1.29, 1.82) is 0 Å². The molecule has 200 valence electrons. The molecule has 37 heavy (non-hydrogen) atoms. The Morgan fingerprint density at radius 3 is 1.95 bits per heavy atom. The van der Waals surface area contributed by atoms with Crippen LogP contribution < -0.4 is 0 Å². The maximum absolute atomic E-state index is 13.8. The molecule has 4 rings (SSSR count). The predicted octanol–water partition coefficient (Wildman–Crippen LogP) is 5.42. The van der Waals surface area contributed by atoms with Gasteiger partial charge in [-0.25, -0.2) is 4.79 Å². The van der Waals surface area contributed by atoms with Crippen LogP contribution >= 0.6 is 0 Å². The summed E-state index contributed by atoms with van der Waals surface area (Å²) in [4.78, 5) is 28.8. The molecule has 0 aromatic heterocycles. The van der Waals surface area contributed by atoms with Crippen molar-refractivity contribution in [1.82, 2.24) is 4.90 Å². The molecule has 0 spiro atoms. The maximum Gasteiger partial charge on any atom is 0.331 e. The van der Waals surface area contributed by atoms with Crippen molar-refractivity contribution >= 4 is 31.0 Å². The minimum absolute atomic E-state index is 0.0158. The Morgan fingerprint density at radius 2 is 1.49 bits per heavy atom.